The maximum absolute atomic E-state index is 12.8. The molecule has 10 heteroatoms. The van der Waals surface area contributed by atoms with Crippen LogP contribution in [0.4, 0.5) is 5.69 Å². The van der Waals surface area contributed by atoms with Crippen molar-refractivity contribution in [2.24, 2.45) is 0 Å². The summed E-state index contributed by atoms with van der Waals surface area (Å²) in [5.41, 5.74) is 0.668. The summed E-state index contributed by atoms with van der Waals surface area (Å²) in [5, 5.41) is 14.1. The number of ether oxygens (including phenoxy) is 3. The van der Waals surface area contributed by atoms with Gasteiger partial charge in [0.25, 0.3) is 0 Å². The molecule has 2 aromatic heterocycles. The molecular weight excluding hydrogens is 436 g/mol. The van der Waals surface area contributed by atoms with E-state index in [0.717, 1.165) is 30.2 Å². The first-order valence-electron chi connectivity index (χ1n) is 10.1. The van der Waals surface area contributed by atoms with Crippen LogP contribution in [0.25, 0.3) is 10.7 Å². The Bertz CT molecular complexity index is 1060. The second kappa shape index (κ2) is 8.89. The molecule has 162 valence electrons. The summed E-state index contributed by atoms with van der Waals surface area (Å²) in [7, 11) is 0. The van der Waals surface area contributed by atoms with Gasteiger partial charge < -0.3 is 19.5 Å². The Morgan fingerprint density at radius 1 is 1.32 bits per heavy atom. The van der Waals surface area contributed by atoms with Gasteiger partial charge in [-0.05, 0) is 43.3 Å². The number of nitrogens with zero attached hydrogens (tertiary/aromatic N) is 3. The van der Waals surface area contributed by atoms with E-state index in [2.05, 4.69) is 20.1 Å². The van der Waals surface area contributed by atoms with E-state index in [0.29, 0.717) is 28.9 Å². The number of thiophene rings is 1. The van der Waals surface area contributed by atoms with Crippen LogP contribution in [0, 0.1) is 0 Å². The van der Waals surface area contributed by atoms with Crippen LogP contribution in [-0.4, -0.2) is 45.4 Å². The maximum atomic E-state index is 12.8. The number of carbonyl (C=O) groups is 1. The highest BCUT2D eigenvalue weighted by Crippen LogP contribution is 2.35. The Hall–Kier alpha value is -2.56. The Morgan fingerprint density at radius 2 is 2.23 bits per heavy atom. The molecule has 1 N–H and O–H groups in total. The highest BCUT2D eigenvalue weighted by Gasteiger charge is 2.25. The number of thioether (sulfide) groups is 1. The molecule has 1 saturated heterocycles. The summed E-state index contributed by atoms with van der Waals surface area (Å²) in [6.45, 7) is 3.53. The fourth-order valence-electron chi connectivity index (χ4n) is 3.55. The maximum Gasteiger partial charge on any atom is 0.237 e. The number of fused-ring (bicyclic) bond motifs is 1. The number of anilines is 1. The molecule has 0 radical (unpaired) electrons. The predicted octanol–water partition coefficient (Wildman–Crippen LogP) is 4.03. The van der Waals surface area contributed by atoms with Crippen molar-refractivity contribution >= 4 is 34.7 Å². The minimum absolute atomic E-state index is 0.117. The van der Waals surface area contributed by atoms with E-state index in [4.69, 9.17) is 14.2 Å². The van der Waals surface area contributed by atoms with E-state index >= 15 is 0 Å². The van der Waals surface area contributed by atoms with Crippen molar-refractivity contribution in [2.75, 3.05) is 18.7 Å². The fourth-order valence-corrected chi connectivity index (χ4v) is 5.13. The van der Waals surface area contributed by atoms with Crippen molar-refractivity contribution in [1.82, 2.24) is 14.8 Å². The molecule has 2 atom stereocenters. The van der Waals surface area contributed by atoms with Crippen LogP contribution in [0.5, 0.6) is 11.5 Å². The second-order valence-electron chi connectivity index (χ2n) is 7.35. The Labute approximate surface area is 187 Å². The molecule has 2 aliphatic heterocycles. The van der Waals surface area contributed by atoms with Gasteiger partial charge in [-0.25, -0.2) is 0 Å². The SMILES string of the molecule is C[C@H](Sc1nnc(-c2cccs2)n1C[C@@H]1CCCO1)C(=O)Nc1ccc2c(c1)OCO2. The molecule has 31 heavy (non-hydrogen) atoms. The highest BCUT2D eigenvalue weighted by molar-refractivity contribution is 8.00. The van der Waals surface area contributed by atoms with E-state index in [-0.39, 0.29) is 24.1 Å². The first-order chi connectivity index (χ1) is 15.2. The molecule has 5 rings (SSSR count). The third kappa shape index (κ3) is 4.41. The molecule has 0 saturated carbocycles. The normalized spacial score (nSPS) is 18.3. The minimum Gasteiger partial charge on any atom is -0.454 e. The van der Waals surface area contributed by atoms with E-state index in [1.54, 1.807) is 29.5 Å². The Morgan fingerprint density at radius 3 is 3.03 bits per heavy atom. The van der Waals surface area contributed by atoms with Gasteiger partial charge in [0.05, 0.1) is 22.8 Å². The number of aromatic nitrogens is 3. The van der Waals surface area contributed by atoms with Crippen LogP contribution in [0.1, 0.15) is 19.8 Å². The number of benzene rings is 1. The molecule has 0 bridgehead atoms. The van der Waals surface area contributed by atoms with Crippen LogP contribution in [0.3, 0.4) is 0 Å². The van der Waals surface area contributed by atoms with E-state index in [9.17, 15) is 4.79 Å². The van der Waals surface area contributed by atoms with Gasteiger partial charge in [-0.3, -0.25) is 9.36 Å². The zero-order valence-electron chi connectivity index (χ0n) is 16.9. The molecule has 1 fully saturated rings. The van der Waals surface area contributed by atoms with Crippen LogP contribution in [0.2, 0.25) is 0 Å². The summed E-state index contributed by atoms with van der Waals surface area (Å²) in [6.07, 6.45) is 2.23. The Kier molecular flexibility index (Phi) is 5.84. The summed E-state index contributed by atoms with van der Waals surface area (Å²) in [4.78, 5) is 13.9. The van der Waals surface area contributed by atoms with Gasteiger partial charge in [-0.2, -0.15) is 0 Å². The van der Waals surface area contributed by atoms with Gasteiger partial charge >= 0.3 is 0 Å². The lowest BCUT2D eigenvalue weighted by atomic mass is 10.2. The zero-order valence-corrected chi connectivity index (χ0v) is 18.6. The predicted molar refractivity (Wildman–Crippen MR) is 119 cm³/mol. The van der Waals surface area contributed by atoms with Gasteiger partial charge in [0.2, 0.25) is 12.7 Å². The third-order valence-corrected chi connectivity index (χ3v) is 7.11. The largest absolute Gasteiger partial charge is 0.454 e. The van der Waals surface area contributed by atoms with Crippen molar-refractivity contribution in [1.29, 1.82) is 0 Å². The lowest BCUT2D eigenvalue weighted by molar-refractivity contribution is -0.115. The molecule has 0 unspecified atom stereocenters. The summed E-state index contributed by atoms with van der Waals surface area (Å²) in [6, 6.07) is 9.40. The number of nitrogens with one attached hydrogen (secondary N) is 1. The summed E-state index contributed by atoms with van der Waals surface area (Å²) < 4.78 is 18.6. The summed E-state index contributed by atoms with van der Waals surface area (Å²) in [5.74, 6) is 2.02. The fraction of sp³-hybridized carbons (Fsp3) is 0.381. The number of rotatable bonds is 7. The highest BCUT2D eigenvalue weighted by atomic mass is 32.2. The van der Waals surface area contributed by atoms with Crippen LogP contribution >= 0.6 is 23.1 Å². The molecular formula is C21H22N4O4S2. The smallest absolute Gasteiger partial charge is 0.237 e. The van der Waals surface area contributed by atoms with Crippen molar-refractivity contribution in [2.45, 2.75) is 42.8 Å². The van der Waals surface area contributed by atoms with Crippen molar-refractivity contribution in [3.8, 4) is 22.2 Å². The molecule has 0 spiro atoms. The van der Waals surface area contributed by atoms with Gasteiger partial charge in [0, 0.05) is 18.4 Å². The first-order valence-corrected chi connectivity index (χ1v) is 11.9. The van der Waals surface area contributed by atoms with Crippen molar-refractivity contribution in [3.05, 3.63) is 35.7 Å². The number of carbonyl (C=O) groups excluding carboxylic acids is 1. The minimum atomic E-state index is -0.367. The van der Waals surface area contributed by atoms with Crippen LogP contribution < -0.4 is 14.8 Å². The average molecular weight is 459 g/mol. The molecule has 3 aromatic rings. The molecule has 2 aliphatic rings. The lowest BCUT2D eigenvalue weighted by Crippen LogP contribution is -2.23. The van der Waals surface area contributed by atoms with Crippen molar-refractivity contribution in [3.63, 3.8) is 0 Å². The molecule has 4 heterocycles. The number of hydrogen-bond donors (Lipinski definition) is 1. The van der Waals surface area contributed by atoms with E-state index < -0.39 is 0 Å². The van der Waals surface area contributed by atoms with Crippen molar-refractivity contribution < 1.29 is 19.0 Å². The molecule has 1 aromatic carbocycles. The Balaban J connectivity index is 1.31. The summed E-state index contributed by atoms with van der Waals surface area (Å²) >= 11 is 3.02. The quantitative estimate of drug-likeness (QED) is 0.535. The van der Waals surface area contributed by atoms with Gasteiger partial charge in [-0.1, -0.05) is 17.8 Å². The first kappa shape index (κ1) is 20.3. The van der Waals surface area contributed by atoms with E-state index in [1.165, 1.54) is 11.8 Å². The van der Waals surface area contributed by atoms with Crippen LogP contribution in [0.15, 0.2) is 40.9 Å². The topological polar surface area (TPSA) is 87.5 Å². The molecule has 8 nitrogen and oxygen atoms in total. The second-order valence-corrected chi connectivity index (χ2v) is 9.60. The standard InChI is InChI=1S/C21H22N4O4S2/c1-13(20(26)22-14-6-7-16-17(10-14)29-12-28-16)31-21-24-23-19(18-5-3-9-30-18)25(21)11-15-4-2-8-27-15/h3,5-7,9-10,13,15H,2,4,8,11-12H2,1H3,(H,22,26)/t13-,15-/m0/s1. The zero-order chi connectivity index (χ0) is 21.2. The monoisotopic (exact) mass is 458 g/mol. The van der Waals surface area contributed by atoms with Crippen LogP contribution in [-0.2, 0) is 16.1 Å². The number of hydrogen-bond acceptors (Lipinski definition) is 8. The molecule has 1 amide bonds. The lowest BCUT2D eigenvalue weighted by Gasteiger charge is -2.16. The third-order valence-electron chi connectivity index (χ3n) is 5.16. The average Bonchev–Trinajstić information content (AvgIpc) is 3.56. The van der Waals surface area contributed by atoms with Gasteiger partial charge in [0.15, 0.2) is 22.5 Å². The van der Waals surface area contributed by atoms with Gasteiger partial charge in [0.1, 0.15) is 0 Å². The number of amides is 1. The molecule has 0 aliphatic carbocycles. The van der Waals surface area contributed by atoms with Gasteiger partial charge in [-0.15, -0.1) is 21.5 Å². The van der Waals surface area contributed by atoms with E-state index in [1.807, 2.05) is 24.4 Å².